The Morgan fingerprint density at radius 1 is 1.11 bits per heavy atom. The van der Waals surface area contributed by atoms with Gasteiger partial charge in [-0.3, -0.25) is 4.90 Å². The number of nitrogens with zero attached hydrogens (tertiary/aromatic N) is 3. The fourth-order valence-corrected chi connectivity index (χ4v) is 4.01. The first-order chi connectivity index (χ1) is 13.2. The van der Waals surface area contributed by atoms with E-state index in [1.54, 1.807) is 0 Å². The molecule has 0 saturated carbocycles. The third-order valence-electron chi connectivity index (χ3n) is 5.49. The molecule has 3 aromatic rings. The molecular formula is C22H24FN3O. The molecule has 1 unspecified atom stereocenters. The lowest BCUT2D eigenvalue weighted by Gasteiger charge is -2.35. The maximum Gasteiger partial charge on any atom is 0.157 e. The minimum Gasteiger partial charge on any atom is -0.411 e. The average Bonchev–Trinajstić information content (AvgIpc) is 3.12. The van der Waals surface area contributed by atoms with Crippen molar-refractivity contribution in [3.8, 4) is 0 Å². The fraction of sp³-hybridized carbons (Fsp3) is 0.318. The maximum absolute atomic E-state index is 14.7. The summed E-state index contributed by atoms with van der Waals surface area (Å²) in [6.45, 7) is 1.52. The largest absolute Gasteiger partial charge is 0.411 e. The first-order valence-electron chi connectivity index (χ1n) is 9.44. The van der Waals surface area contributed by atoms with Gasteiger partial charge in [0.1, 0.15) is 0 Å². The van der Waals surface area contributed by atoms with Gasteiger partial charge in [0.2, 0.25) is 0 Å². The van der Waals surface area contributed by atoms with E-state index in [0.717, 1.165) is 42.6 Å². The number of oxime groups is 1. The van der Waals surface area contributed by atoms with Gasteiger partial charge in [-0.25, -0.2) is 4.39 Å². The van der Waals surface area contributed by atoms with E-state index in [2.05, 4.69) is 22.0 Å². The molecule has 1 N–H and O–H groups in total. The van der Waals surface area contributed by atoms with E-state index >= 15 is 0 Å². The van der Waals surface area contributed by atoms with Crippen LogP contribution < -0.4 is 0 Å². The van der Waals surface area contributed by atoms with Crippen molar-refractivity contribution >= 4 is 17.1 Å². The number of aromatic nitrogens is 1. The van der Waals surface area contributed by atoms with Crippen LogP contribution in [-0.2, 0) is 6.42 Å². The summed E-state index contributed by atoms with van der Waals surface area (Å²) in [6.07, 6.45) is 4.93. The van der Waals surface area contributed by atoms with E-state index in [9.17, 15) is 4.39 Å². The topological polar surface area (TPSA) is 40.8 Å². The van der Waals surface area contributed by atoms with Gasteiger partial charge in [0.25, 0.3) is 0 Å². The van der Waals surface area contributed by atoms with Crippen LogP contribution in [0, 0.1) is 0 Å². The molecule has 2 aromatic carbocycles. The second kappa shape index (κ2) is 7.92. The predicted molar refractivity (Wildman–Crippen MR) is 106 cm³/mol. The van der Waals surface area contributed by atoms with Crippen molar-refractivity contribution in [3.63, 3.8) is 0 Å². The average molecular weight is 365 g/mol. The number of rotatable bonds is 5. The number of likely N-dealkylation sites (tertiary alicyclic amines) is 1. The van der Waals surface area contributed by atoms with Crippen LogP contribution in [0.15, 0.2) is 65.9 Å². The third-order valence-corrected chi connectivity index (χ3v) is 5.49. The van der Waals surface area contributed by atoms with Crippen molar-refractivity contribution in [2.24, 2.45) is 5.16 Å². The highest BCUT2D eigenvalue weighted by molar-refractivity contribution is 5.89. The van der Waals surface area contributed by atoms with Gasteiger partial charge in [-0.05, 0) is 41.5 Å². The molecule has 1 aliphatic rings. The molecule has 0 bridgehead atoms. The van der Waals surface area contributed by atoms with Crippen molar-refractivity contribution in [2.45, 2.75) is 31.6 Å². The van der Waals surface area contributed by atoms with Gasteiger partial charge in [-0.1, -0.05) is 47.6 Å². The Kier molecular flexibility index (Phi) is 5.21. The summed E-state index contributed by atoms with van der Waals surface area (Å²) in [5.74, 6) is 0. The molecule has 1 aromatic heterocycles. The lowest BCUT2D eigenvalue weighted by Crippen LogP contribution is -2.40. The van der Waals surface area contributed by atoms with E-state index in [-0.39, 0.29) is 0 Å². The molecule has 0 aliphatic carbocycles. The van der Waals surface area contributed by atoms with E-state index < -0.39 is 6.30 Å². The standard InChI is InChI=1S/C22H24FN3O/c23-22(15-17-4-2-1-3-5-17)25-11-9-20(10-12-25)26-13-8-19-7-6-18(16-24-27)14-21(19)26/h1-8,13-14,16,20,22,27H,9-12,15H2. The summed E-state index contributed by atoms with van der Waals surface area (Å²) in [5, 5.41) is 13.1. The zero-order valence-electron chi connectivity index (χ0n) is 15.2. The molecule has 1 saturated heterocycles. The number of hydrogen-bond acceptors (Lipinski definition) is 3. The smallest absolute Gasteiger partial charge is 0.157 e. The minimum atomic E-state index is -0.929. The summed E-state index contributed by atoms with van der Waals surface area (Å²) >= 11 is 0. The van der Waals surface area contributed by atoms with Gasteiger partial charge >= 0.3 is 0 Å². The quantitative estimate of drug-likeness (QED) is 0.310. The van der Waals surface area contributed by atoms with Gasteiger partial charge < -0.3 is 9.77 Å². The zero-order valence-corrected chi connectivity index (χ0v) is 15.2. The lowest BCUT2D eigenvalue weighted by atomic mass is 10.0. The molecule has 0 spiro atoms. The fourth-order valence-electron chi connectivity index (χ4n) is 4.01. The molecule has 1 atom stereocenters. The SMILES string of the molecule is ON=Cc1ccc2ccn(C3CCN(C(F)Cc4ccccc4)CC3)c2c1. The molecule has 0 amide bonds. The van der Waals surface area contributed by atoms with Crippen molar-refractivity contribution in [2.75, 3.05) is 13.1 Å². The molecular weight excluding hydrogens is 341 g/mol. The summed E-state index contributed by atoms with van der Waals surface area (Å²) in [5.41, 5.74) is 3.04. The Morgan fingerprint density at radius 3 is 2.63 bits per heavy atom. The van der Waals surface area contributed by atoms with Gasteiger partial charge in [0.05, 0.1) is 6.21 Å². The van der Waals surface area contributed by atoms with Crippen molar-refractivity contribution in [1.82, 2.24) is 9.47 Å². The second-order valence-electron chi connectivity index (χ2n) is 7.18. The van der Waals surface area contributed by atoms with Crippen molar-refractivity contribution < 1.29 is 9.60 Å². The number of benzene rings is 2. The van der Waals surface area contributed by atoms with Crippen LogP contribution in [-0.4, -0.2) is 40.3 Å². The molecule has 0 radical (unpaired) electrons. The maximum atomic E-state index is 14.7. The monoisotopic (exact) mass is 365 g/mol. The van der Waals surface area contributed by atoms with Crippen LogP contribution in [0.4, 0.5) is 4.39 Å². The second-order valence-corrected chi connectivity index (χ2v) is 7.18. The van der Waals surface area contributed by atoms with E-state index in [1.165, 1.54) is 11.6 Å². The Hall–Kier alpha value is -2.66. The Morgan fingerprint density at radius 2 is 1.89 bits per heavy atom. The Balaban J connectivity index is 1.43. The minimum absolute atomic E-state index is 0.365. The highest BCUT2D eigenvalue weighted by Gasteiger charge is 2.26. The third kappa shape index (κ3) is 3.88. The Bertz CT molecular complexity index is 914. The first-order valence-corrected chi connectivity index (χ1v) is 9.44. The van der Waals surface area contributed by atoms with Crippen molar-refractivity contribution in [3.05, 3.63) is 71.9 Å². The Labute approximate surface area is 158 Å². The number of hydrogen-bond donors (Lipinski definition) is 1. The molecule has 4 rings (SSSR count). The summed E-state index contributed by atoms with van der Waals surface area (Å²) in [6, 6.07) is 18.3. The molecule has 1 aliphatic heterocycles. The molecule has 5 heteroatoms. The molecule has 27 heavy (non-hydrogen) atoms. The number of halogens is 1. The summed E-state index contributed by atoms with van der Waals surface area (Å²) < 4.78 is 17.0. The van der Waals surface area contributed by atoms with Gasteiger partial charge in [0, 0.05) is 37.3 Å². The number of piperidine rings is 1. The van der Waals surface area contributed by atoms with E-state index in [1.807, 2.05) is 53.4 Å². The van der Waals surface area contributed by atoms with Crippen LogP contribution in [0.25, 0.3) is 10.9 Å². The van der Waals surface area contributed by atoms with Crippen molar-refractivity contribution in [1.29, 1.82) is 0 Å². The van der Waals surface area contributed by atoms with Crippen LogP contribution in [0.5, 0.6) is 0 Å². The molecule has 4 nitrogen and oxygen atoms in total. The number of fused-ring (bicyclic) bond motifs is 1. The van der Waals surface area contributed by atoms with Gasteiger partial charge in [-0.15, -0.1) is 0 Å². The summed E-state index contributed by atoms with van der Waals surface area (Å²) in [4.78, 5) is 1.96. The molecule has 2 heterocycles. The first kappa shape index (κ1) is 17.7. The zero-order chi connectivity index (χ0) is 18.6. The van der Waals surface area contributed by atoms with E-state index in [0.29, 0.717) is 12.5 Å². The summed E-state index contributed by atoms with van der Waals surface area (Å²) in [7, 11) is 0. The van der Waals surface area contributed by atoms with Crippen LogP contribution >= 0.6 is 0 Å². The van der Waals surface area contributed by atoms with Gasteiger partial charge in [-0.2, -0.15) is 0 Å². The normalized spacial score (nSPS) is 17.7. The highest BCUT2D eigenvalue weighted by atomic mass is 19.1. The molecule has 1 fully saturated rings. The van der Waals surface area contributed by atoms with Crippen LogP contribution in [0.3, 0.4) is 0 Å². The number of alkyl halides is 1. The van der Waals surface area contributed by atoms with Crippen LogP contribution in [0.1, 0.15) is 30.0 Å². The van der Waals surface area contributed by atoms with E-state index in [4.69, 9.17) is 5.21 Å². The van der Waals surface area contributed by atoms with Gasteiger partial charge in [0.15, 0.2) is 6.30 Å². The lowest BCUT2D eigenvalue weighted by molar-refractivity contribution is 0.0511. The highest BCUT2D eigenvalue weighted by Crippen LogP contribution is 2.29. The predicted octanol–water partition coefficient (Wildman–Crippen LogP) is 4.62. The van der Waals surface area contributed by atoms with Crippen LogP contribution in [0.2, 0.25) is 0 Å². The molecule has 140 valence electrons.